The molecule has 2 rings (SSSR count). The van der Waals surface area contributed by atoms with Gasteiger partial charge in [0.25, 0.3) is 5.91 Å². The number of nitrogens with zero attached hydrogens (tertiary/aromatic N) is 1. The maximum atomic E-state index is 11.9. The standard InChI is InChI=1S/C13H18N4O/c1-2-14-8-5-9-15-13(18)12-10-6-3-4-7-11(10)16-17-12/h3-4,6-7,14H,2,5,8-9H2,1H3,(H,15,18)(H,16,17). The Hall–Kier alpha value is -1.88. The maximum absolute atomic E-state index is 11.9. The molecule has 2 aromatic rings. The average molecular weight is 246 g/mol. The minimum Gasteiger partial charge on any atom is -0.351 e. The van der Waals surface area contributed by atoms with E-state index in [2.05, 4.69) is 27.8 Å². The lowest BCUT2D eigenvalue weighted by Crippen LogP contribution is -2.27. The van der Waals surface area contributed by atoms with E-state index in [9.17, 15) is 4.79 Å². The van der Waals surface area contributed by atoms with Gasteiger partial charge in [-0.25, -0.2) is 0 Å². The van der Waals surface area contributed by atoms with Gasteiger partial charge in [0, 0.05) is 11.9 Å². The van der Waals surface area contributed by atoms with E-state index in [1.54, 1.807) is 0 Å². The van der Waals surface area contributed by atoms with Crippen molar-refractivity contribution in [2.45, 2.75) is 13.3 Å². The Morgan fingerprint density at radius 3 is 3.00 bits per heavy atom. The Bertz CT molecular complexity index is 520. The second-order valence-electron chi connectivity index (χ2n) is 4.08. The highest BCUT2D eigenvalue weighted by atomic mass is 16.1. The van der Waals surface area contributed by atoms with Crippen LogP contribution in [0.1, 0.15) is 23.8 Å². The highest BCUT2D eigenvalue weighted by Crippen LogP contribution is 2.14. The second kappa shape index (κ2) is 6.16. The van der Waals surface area contributed by atoms with E-state index >= 15 is 0 Å². The zero-order valence-corrected chi connectivity index (χ0v) is 10.5. The Balaban J connectivity index is 1.93. The number of carbonyl (C=O) groups is 1. The van der Waals surface area contributed by atoms with Crippen LogP contribution < -0.4 is 10.6 Å². The monoisotopic (exact) mass is 246 g/mol. The quantitative estimate of drug-likeness (QED) is 0.673. The molecule has 0 atom stereocenters. The number of amides is 1. The van der Waals surface area contributed by atoms with Gasteiger partial charge < -0.3 is 10.6 Å². The van der Waals surface area contributed by atoms with Crippen LogP contribution in [0, 0.1) is 0 Å². The molecule has 1 aromatic carbocycles. The van der Waals surface area contributed by atoms with Crippen LogP contribution in [-0.4, -0.2) is 35.7 Å². The van der Waals surface area contributed by atoms with E-state index in [1.165, 1.54) is 0 Å². The van der Waals surface area contributed by atoms with Crippen LogP contribution in [0.2, 0.25) is 0 Å². The van der Waals surface area contributed by atoms with E-state index in [0.717, 1.165) is 30.4 Å². The van der Waals surface area contributed by atoms with E-state index in [0.29, 0.717) is 12.2 Å². The third kappa shape index (κ3) is 2.87. The molecule has 0 saturated heterocycles. The van der Waals surface area contributed by atoms with Gasteiger partial charge in [0.1, 0.15) is 0 Å². The zero-order valence-electron chi connectivity index (χ0n) is 10.5. The molecular weight excluding hydrogens is 228 g/mol. The number of para-hydroxylation sites is 1. The summed E-state index contributed by atoms with van der Waals surface area (Å²) >= 11 is 0. The van der Waals surface area contributed by atoms with Crippen molar-refractivity contribution in [2.75, 3.05) is 19.6 Å². The highest BCUT2D eigenvalue weighted by Gasteiger charge is 2.12. The predicted molar refractivity (Wildman–Crippen MR) is 71.6 cm³/mol. The molecule has 3 N–H and O–H groups in total. The van der Waals surface area contributed by atoms with Gasteiger partial charge in [-0.15, -0.1) is 0 Å². The van der Waals surface area contributed by atoms with E-state index in [-0.39, 0.29) is 5.91 Å². The van der Waals surface area contributed by atoms with Gasteiger partial charge in [-0.05, 0) is 25.6 Å². The lowest BCUT2D eigenvalue weighted by atomic mass is 10.2. The van der Waals surface area contributed by atoms with Gasteiger partial charge in [-0.2, -0.15) is 5.10 Å². The zero-order chi connectivity index (χ0) is 12.8. The average Bonchev–Trinajstić information content (AvgIpc) is 2.82. The third-order valence-corrected chi connectivity index (χ3v) is 2.75. The number of aromatic amines is 1. The van der Waals surface area contributed by atoms with Crippen LogP contribution in [0.3, 0.4) is 0 Å². The van der Waals surface area contributed by atoms with Crippen molar-refractivity contribution in [3.63, 3.8) is 0 Å². The van der Waals surface area contributed by atoms with Crippen LogP contribution in [-0.2, 0) is 0 Å². The molecule has 0 unspecified atom stereocenters. The molecule has 96 valence electrons. The van der Waals surface area contributed by atoms with Crippen LogP contribution >= 0.6 is 0 Å². The molecule has 18 heavy (non-hydrogen) atoms. The first-order valence-electron chi connectivity index (χ1n) is 6.25. The maximum Gasteiger partial charge on any atom is 0.272 e. The molecule has 0 bridgehead atoms. The minimum absolute atomic E-state index is 0.121. The number of benzene rings is 1. The number of rotatable bonds is 6. The summed E-state index contributed by atoms with van der Waals surface area (Å²) in [5, 5.41) is 13.9. The fourth-order valence-corrected chi connectivity index (χ4v) is 1.81. The van der Waals surface area contributed by atoms with Gasteiger partial charge >= 0.3 is 0 Å². The van der Waals surface area contributed by atoms with Crippen LogP contribution in [0.4, 0.5) is 0 Å². The molecular formula is C13H18N4O. The Kier molecular flexibility index (Phi) is 4.30. The fraction of sp³-hybridized carbons (Fsp3) is 0.385. The van der Waals surface area contributed by atoms with Crippen molar-refractivity contribution in [2.24, 2.45) is 0 Å². The van der Waals surface area contributed by atoms with Gasteiger partial charge in [0.15, 0.2) is 5.69 Å². The minimum atomic E-state index is -0.121. The Morgan fingerprint density at radius 2 is 2.17 bits per heavy atom. The van der Waals surface area contributed by atoms with Crippen molar-refractivity contribution >= 4 is 16.8 Å². The summed E-state index contributed by atoms with van der Waals surface area (Å²) in [5.74, 6) is -0.121. The number of nitrogens with one attached hydrogen (secondary N) is 3. The molecule has 0 aliphatic heterocycles. The lowest BCUT2D eigenvalue weighted by Gasteiger charge is -2.03. The summed E-state index contributed by atoms with van der Waals surface area (Å²) in [6.07, 6.45) is 0.919. The first-order valence-corrected chi connectivity index (χ1v) is 6.25. The second-order valence-corrected chi connectivity index (χ2v) is 4.08. The lowest BCUT2D eigenvalue weighted by molar-refractivity contribution is 0.0950. The first-order chi connectivity index (χ1) is 8.83. The van der Waals surface area contributed by atoms with Gasteiger partial charge in [-0.1, -0.05) is 25.1 Å². The van der Waals surface area contributed by atoms with Gasteiger partial charge in [0.2, 0.25) is 0 Å². The Labute approximate surface area is 106 Å². The highest BCUT2D eigenvalue weighted by molar-refractivity contribution is 6.04. The topological polar surface area (TPSA) is 69.8 Å². The molecule has 0 saturated carbocycles. The summed E-state index contributed by atoms with van der Waals surface area (Å²) in [6.45, 7) is 4.59. The molecule has 1 amide bonds. The SMILES string of the molecule is CCNCCCNC(=O)c1n[nH]c2ccccc12. The summed E-state index contributed by atoms with van der Waals surface area (Å²) in [5.41, 5.74) is 1.35. The molecule has 0 aliphatic rings. The van der Waals surface area contributed by atoms with Crippen LogP contribution in [0.5, 0.6) is 0 Å². The normalized spacial score (nSPS) is 10.7. The number of hydrogen-bond acceptors (Lipinski definition) is 3. The van der Waals surface area contributed by atoms with E-state index < -0.39 is 0 Å². The van der Waals surface area contributed by atoms with Crippen molar-refractivity contribution in [3.05, 3.63) is 30.0 Å². The molecule has 1 heterocycles. The molecule has 0 aliphatic carbocycles. The number of fused-ring (bicyclic) bond motifs is 1. The van der Waals surface area contributed by atoms with E-state index in [1.807, 2.05) is 24.3 Å². The summed E-state index contributed by atoms with van der Waals surface area (Å²) in [4.78, 5) is 11.9. The van der Waals surface area contributed by atoms with Crippen LogP contribution in [0.15, 0.2) is 24.3 Å². The third-order valence-electron chi connectivity index (χ3n) is 2.75. The smallest absolute Gasteiger partial charge is 0.272 e. The van der Waals surface area contributed by atoms with Crippen molar-refractivity contribution in [3.8, 4) is 0 Å². The van der Waals surface area contributed by atoms with Crippen molar-refractivity contribution in [1.82, 2.24) is 20.8 Å². The number of carbonyl (C=O) groups excluding carboxylic acids is 1. The summed E-state index contributed by atoms with van der Waals surface area (Å²) < 4.78 is 0. The predicted octanol–water partition coefficient (Wildman–Crippen LogP) is 1.29. The molecule has 0 radical (unpaired) electrons. The number of hydrogen-bond donors (Lipinski definition) is 3. The van der Waals surface area contributed by atoms with Gasteiger partial charge in [-0.3, -0.25) is 9.89 Å². The number of aromatic nitrogens is 2. The molecule has 0 spiro atoms. The molecule has 1 aromatic heterocycles. The van der Waals surface area contributed by atoms with Crippen molar-refractivity contribution in [1.29, 1.82) is 0 Å². The van der Waals surface area contributed by atoms with Gasteiger partial charge in [0.05, 0.1) is 5.52 Å². The number of H-pyrrole nitrogens is 1. The van der Waals surface area contributed by atoms with E-state index in [4.69, 9.17) is 0 Å². The van der Waals surface area contributed by atoms with Crippen LogP contribution in [0.25, 0.3) is 10.9 Å². The molecule has 5 heteroatoms. The fourth-order valence-electron chi connectivity index (χ4n) is 1.81. The summed E-state index contributed by atoms with van der Waals surface area (Å²) in [7, 11) is 0. The van der Waals surface area contributed by atoms with Crippen molar-refractivity contribution < 1.29 is 4.79 Å². The summed E-state index contributed by atoms with van der Waals surface area (Å²) in [6, 6.07) is 7.62. The molecule has 5 nitrogen and oxygen atoms in total. The molecule has 0 fully saturated rings. The largest absolute Gasteiger partial charge is 0.351 e. The first kappa shape index (κ1) is 12.6. The Morgan fingerprint density at radius 1 is 1.33 bits per heavy atom.